The second kappa shape index (κ2) is 5.29. The van der Waals surface area contributed by atoms with Crippen molar-refractivity contribution in [3.63, 3.8) is 0 Å². The highest BCUT2D eigenvalue weighted by atomic mass is 16.3. The lowest BCUT2D eigenvalue weighted by Crippen LogP contribution is -2.44. The zero-order valence-corrected chi connectivity index (χ0v) is 11.8. The van der Waals surface area contributed by atoms with Crippen molar-refractivity contribution in [2.24, 2.45) is 0 Å². The molecule has 2 aromatic rings. The number of aliphatic hydroxyl groups excluding tert-OH is 1. The van der Waals surface area contributed by atoms with Crippen molar-refractivity contribution in [2.75, 3.05) is 13.1 Å². The smallest absolute Gasteiger partial charge is 0.270 e. The molecule has 0 bridgehead atoms. The van der Waals surface area contributed by atoms with Gasteiger partial charge in [-0.2, -0.15) is 0 Å². The topological polar surface area (TPSA) is 74.9 Å². The van der Waals surface area contributed by atoms with Gasteiger partial charge in [0.25, 0.3) is 11.5 Å². The number of aliphatic hydroxyl groups is 1. The summed E-state index contributed by atoms with van der Waals surface area (Å²) in [5, 5.41) is 9.66. The molecule has 0 radical (unpaired) electrons. The maximum Gasteiger partial charge on any atom is 0.270 e. The Balaban J connectivity index is 2.02. The van der Waals surface area contributed by atoms with E-state index in [4.69, 9.17) is 0 Å². The zero-order valence-electron chi connectivity index (χ0n) is 11.8. The van der Waals surface area contributed by atoms with Crippen LogP contribution < -0.4 is 5.56 Å². The van der Waals surface area contributed by atoms with Gasteiger partial charge in [0, 0.05) is 25.5 Å². The molecule has 1 unspecified atom stereocenters. The lowest BCUT2D eigenvalue weighted by atomic mass is 10.1. The first kappa shape index (κ1) is 13.8. The minimum absolute atomic E-state index is 0.0483. The average molecular weight is 287 g/mol. The normalized spacial score (nSPS) is 19.0. The number of amides is 1. The molecular formula is C15H17N3O3. The van der Waals surface area contributed by atoms with Crippen LogP contribution in [0.5, 0.6) is 0 Å². The molecule has 1 aliphatic rings. The van der Waals surface area contributed by atoms with E-state index in [1.165, 1.54) is 15.5 Å². The summed E-state index contributed by atoms with van der Waals surface area (Å²) in [5.74, 6) is -0.359. The van der Waals surface area contributed by atoms with E-state index in [1.807, 2.05) is 13.0 Å². The molecule has 6 heteroatoms. The Morgan fingerprint density at radius 3 is 3.00 bits per heavy atom. The number of carbonyl (C=O) groups excluding carboxylic acids is 1. The predicted molar refractivity (Wildman–Crippen MR) is 77.3 cm³/mol. The maximum absolute atomic E-state index is 12.5. The van der Waals surface area contributed by atoms with Gasteiger partial charge in [-0.3, -0.25) is 14.0 Å². The minimum Gasteiger partial charge on any atom is -0.391 e. The summed E-state index contributed by atoms with van der Waals surface area (Å²) < 4.78 is 1.39. The highest BCUT2D eigenvalue weighted by Crippen LogP contribution is 2.12. The Morgan fingerprint density at radius 1 is 1.43 bits per heavy atom. The summed E-state index contributed by atoms with van der Waals surface area (Å²) in [5.41, 5.74) is 1.12. The van der Waals surface area contributed by atoms with E-state index >= 15 is 0 Å². The second-order valence-corrected chi connectivity index (χ2v) is 5.46. The van der Waals surface area contributed by atoms with E-state index in [2.05, 4.69) is 4.98 Å². The lowest BCUT2D eigenvalue weighted by Gasteiger charge is -2.29. The van der Waals surface area contributed by atoms with Gasteiger partial charge in [-0.1, -0.05) is 6.07 Å². The van der Waals surface area contributed by atoms with Crippen LogP contribution in [0.4, 0.5) is 0 Å². The molecule has 0 spiro atoms. The zero-order chi connectivity index (χ0) is 15.0. The number of fused-ring (bicyclic) bond motifs is 1. The van der Waals surface area contributed by atoms with Crippen LogP contribution >= 0.6 is 0 Å². The third kappa shape index (κ3) is 2.54. The molecule has 3 rings (SSSR count). The van der Waals surface area contributed by atoms with Gasteiger partial charge in [0.15, 0.2) is 0 Å². The van der Waals surface area contributed by atoms with E-state index in [0.29, 0.717) is 18.6 Å². The number of hydrogen-bond donors (Lipinski definition) is 1. The number of aryl methyl sites for hydroxylation is 1. The highest BCUT2D eigenvalue weighted by Gasteiger charge is 2.25. The molecule has 1 aliphatic heterocycles. The first-order valence-corrected chi connectivity index (χ1v) is 7.01. The predicted octanol–water partition coefficient (Wildman–Crippen LogP) is 0.600. The molecule has 110 valence electrons. The van der Waals surface area contributed by atoms with Gasteiger partial charge in [-0.05, 0) is 31.4 Å². The van der Waals surface area contributed by atoms with Crippen LogP contribution in [0.2, 0.25) is 0 Å². The van der Waals surface area contributed by atoms with Gasteiger partial charge < -0.3 is 10.0 Å². The van der Waals surface area contributed by atoms with E-state index in [9.17, 15) is 14.7 Å². The quantitative estimate of drug-likeness (QED) is 0.833. The summed E-state index contributed by atoms with van der Waals surface area (Å²) in [6.07, 6.45) is 3.93. The number of aromatic nitrogens is 2. The SMILES string of the molecule is Cc1ccc2ncc(C(=O)N3CCCC(O)C3)c(=O)n2c1. The molecule has 0 aromatic carbocycles. The van der Waals surface area contributed by atoms with Crippen LogP contribution in [-0.4, -0.2) is 44.5 Å². The van der Waals surface area contributed by atoms with Gasteiger partial charge in [0.2, 0.25) is 0 Å². The molecule has 1 amide bonds. The number of piperidine rings is 1. The fraction of sp³-hybridized carbons (Fsp3) is 0.400. The van der Waals surface area contributed by atoms with Gasteiger partial charge in [-0.25, -0.2) is 4.98 Å². The fourth-order valence-corrected chi connectivity index (χ4v) is 2.64. The number of pyridine rings is 1. The van der Waals surface area contributed by atoms with Crippen LogP contribution in [0.3, 0.4) is 0 Å². The Morgan fingerprint density at radius 2 is 2.24 bits per heavy atom. The van der Waals surface area contributed by atoms with Gasteiger partial charge >= 0.3 is 0 Å². The largest absolute Gasteiger partial charge is 0.391 e. The average Bonchev–Trinajstić information content (AvgIpc) is 2.47. The standard InChI is InChI=1S/C15H17N3O3/c1-10-4-5-13-16-7-12(15(21)18(13)8-10)14(20)17-6-2-3-11(19)9-17/h4-5,7-8,11,19H,2-3,6,9H2,1H3. The van der Waals surface area contributed by atoms with Crippen molar-refractivity contribution in [1.82, 2.24) is 14.3 Å². The van der Waals surface area contributed by atoms with E-state index in [0.717, 1.165) is 12.0 Å². The third-order valence-corrected chi connectivity index (χ3v) is 3.76. The van der Waals surface area contributed by atoms with Crippen molar-refractivity contribution in [2.45, 2.75) is 25.9 Å². The summed E-state index contributed by atoms with van der Waals surface area (Å²) in [4.78, 5) is 30.6. The van der Waals surface area contributed by atoms with Crippen LogP contribution in [0.15, 0.2) is 29.3 Å². The summed E-state index contributed by atoms with van der Waals surface area (Å²) in [6, 6.07) is 3.61. The first-order chi connectivity index (χ1) is 10.1. The number of β-amino-alcohol motifs (C(OH)–C–C–N with tert-alkyl or cyclic N) is 1. The monoisotopic (exact) mass is 287 g/mol. The van der Waals surface area contributed by atoms with E-state index < -0.39 is 6.10 Å². The second-order valence-electron chi connectivity index (χ2n) is 5.46. The molecule has 21 heavy (non-hydrogen) atoms. The van der Waals surface area contributed by atoms with Crippen molar-refractivity contribution >= 4 is 11.6 Å². The molecule has 6 nitrogen and oxygen atoms in total. The number of hydrogen-bond acceptors (Lipinski definition) is 4. The van der Waals surface area contributed by atoms with Gasteiger partial charge in [-0.15, -0.1) is 0 Å². The molecule has 3 heterocycles. The number of carbonyl (C=O) groups is 1. The van der Waals surface area contributed by atoms with Crippen LogP contribution in [0, 0.1) is 6.92 Å². The minimum atomic E-state index is -0.513. The molecule has 1 fully saturated rings. The van der Waals surface area contributed by atoms with Crippen LogP contribution in [-0.2, 0) is 0 Å². The molecule has 2 aromatic heterocycles. The number of likely N-dealkylation sites (tertiary alicyclic amines) is 1. The highest BCUT2D eigenvalue weighted by molar-refractivity contribution is 5.93. The van der Waals surface area contributed by atoms with Crippen molar-refractivity contribution in [1.29, 1.82) is 0 Å². The number of nitrogens with zero attached hydrogens (tertiary/aromatic N) is 3. The van der Waals surface area contributed by atoms with E-state index in [1.54, 1.807) is 12.3 Å². The van der Waals surface area contributed by atoms with Crippen molar-refractivity contribution in [3.8, 4) is 0 Å². The molecule has 1 saturated heterocycles. The molecule has 1 N–H and O–H groups in total. The summed E-state index contributed by atoms with van der Waals surface area (Å²) >= 11 is 0. The Hall–Kier alpha value is -2.21. The van der Waals surface area contributed by atoms with Crippen molar-refractivity contribution < 1.29 is 9.90 Å². The molecule has 1 atom stereocenters. The molecular weight excluding hydrogens is 270 g/mol. The summed E-state index contributed by atoms with van der Waals surface area (Å²) in [6.45, 7) is 2.71. The Kier molecular flexibility index (Phi) is 3.47. The molecule has 0 saturated carbocycles. The van der Waals surface area contributed by atoms with Gasteiger partial charge in [0.05, 0.1) is 6.10 Å². The van der Waals surface area contributed by atoms with E-state index in [-0.39, 0.29) is 23.6 Å². The molecule has 0 aliphatic carbocycles. The van der Waals surface area contributed by atoms with Crippen LogP contribution in [0.25, 0.3) is 5.65 Å². The van der Waals surface area contributed by atoms with Crippen molar-refractivity contribution in [3.05, 3.63) is 46.0 Å². The Labute approximate surface area is 121 Å². The Bertz CT molecular complexity index is 753. The third-order valence-electron chi connectivity index (χ3n) is 3.76. The number of rotatable bonds is 1. The fourth-order valence-electron chi connectivity index (χ4n) is 2.64. The first-order valence-electron chi connectivity index (χ1n) is 7.01. The maximum atomic E-state index is 12.5. The lowest BCUT2D eigenvalue weighted by molar-refractivity contribution is 0.0471. The van der Waals surface area contributed by atoms with Gasteiger partial charge in [0.1, 0.15) is 11.2 Å². The van der Waals surface area contributed by atoms with Crippen LogP contribution in [0.1, 0.15) is 28.8 Å². The summed E-state index contributed by atoms with van der Waals surface area (Å²) in [7, 11) is 0.